The third kappa shape index (κ3) is 3.57. The molecule has 0 fully saturated rings. The molecule has 0 spiro atoms. The number of aromatic hydroxyl groups is 1. The summed E-state index contributed by atoms with van der Waals surface area (Å²) in [7, 11) is 0. The third-order valence-corrected chi connectivity index (χ3v) is 4.47. The second-order valence-corrected chi connectivity index (χ2v) is 6.34. The van der Waals surface area contributed by atoms with Crippen LogP contribution in [0.1, 0.15) is 30.5 Å². The first kappa shape index (κ1) is 19.7. The summed E-state index contributed by atoms with van der Waals surface area (Å²) >= 11 is 0. The SMILES string of the molecule is C=CCn1c(O)c(C2=NN(C(C)=O)C(c3cccc([N+](=O)[O-])c3)C2)c(=O)[nH]c1=O. The van der Waals surface area contributed by atoms with E-state index in [1.807, 2.05) is 0 Å². The number of nitro groups is 1. The molecule has 2 aromatic rings. The van der Waals surface area contributed by atoms with E-state index in [0.717, 1.165) is 9.58 Å². The predicted octanol–water partition coefficient (Wildman–Crippen LogP) is 1.03. The molecule has 1 aromatic heterocycles. The first-order valence-electron chi connectivity index (χ1n) is 8.53. The van der Waals surface area contributed by atoms with Crippen molar-refractivity contribution < 1.29 is 14.8 Å². The number of nitrogens with one attached hydrogen (secondary N) is 1. The summed E-state index contributed by atoms with van der Waals surface area (Å²) in [6, 6.07) is 5.02. The van der Waals surface area contributed by atoms with Gasteiger partial charge in [-0.25, -0.2) is 9.80 Å². The van der Waals surface area contributed by atoms with Gasteiger partial charge < -0.3 is 5.11 Å². The van der Waals surface area contributed by atoms with Gasteiger partial charge in [0.1, 0.15) is 5.56 Å². The molecule has 11 nitrogen and oxygen atoms in total. The number of benzene rings is 1. The zero-order valence-corrected chi connectivity index (χ0v) is 15.4. The molecule has 1 aromatic carbocycles. The van der Waals surface area contributed by atoms with Crippen molar-refractivity contribution in [3.05, 3.63) is 79.0 Å². The summed E-state index contributed by atoms with van der Waals surface area (Å²) in [5, 5.41) is 26.8. The Morgan fingerprint density at radius 1 is 1.48 bits per heavy atom. The lowest BCUT2D eigenvalue weighted by molar-refractivity contribution is -0.384. The number of aromatic amines is 1. The molecule has 29 heavy (non-hydrogen) atoms. The van der Waals surface area contributed by atoms with Crippen molar-refractivity contribution >= 4 is 17.3 Å². The highest BCUT2D eigenvalue weighted by Crippen LogP contribution is 2.34. The van der Waals surface area contributed by atoms with Crippen LogP contribution in [0.3, 0.4) is 0 Å². The lowest BCUT2D eigenvalue weighted by atomic mass is 9.98. The van der Waals surface area contributed by atoms with Gasteiger partial charge in [0.15, 0.2) is 0 Å². The maximum Gasteiger partial charge on any atom is 0.331 e. The van der Waals surface area contributed by atoms with Gasteiger partial charge in [-0.15, -0.1) is 6.58 Å². The molecule has 2 heterocycles. The summed E-state index contributed by atoms with van der Waals surface area (Å²) in [6.45, 7) is 4.71. The number of hydrogen-bond acceptors (Lipinski definition) is 7. The summed E-state index contributed by atoms with van der Waals surface area (Å²) in [4.78, 5) is 48.9. The van der Waals surface area contributed by atoms with Gasteiger partial charge in [0, 0.05) is 32.0 Å². The minimum absolute atomic E-state index is 0.0175. The van der Waals surface area contributed by atoms with Crippen molar-refractivity contribution in [3.63, 3.8) is 0 Å². The molecular weight excluding hydrogens is 382 g/mol. The molecule has 3 rings (SSSR count). The minimum Gasteiger partial charge on any atom is -0.494 e. The van der Waals surface area contributed by atoms with E-state index in [9.17, 15) is 29.6 Å². The van der Waals surface area contributed by atoms with Crippen LogP contribution in [0.15, 0.2) is 51.6 Å². The number of carbonyl (C=O) groups excluding carboxylic acids is 1. The monoisotopic (exact) mass is 399 g/mol. The topological polar surface area (TPSA) is 151 Å². The Morgan fingerprint density at radius 2 is 2.21 bits per heavy atom. The van der Waals surface area contributed by atoms with Crippen molar-refractivity contribution in [2.24, 2.45) is 5.10 Å². The maximum absolute atomic E-state index is 12.3. The fourth-order valence-electron chi connectivity index (χ4n) is 3.18. The lowest BCUT2D eigenvalue weighted by Gasteiger charge is -2.20. The number of hydrazone groups is 1. The summed E-state index contributed by atoms with van der Waals surface area (Å²) in [5.74, 6) is -1.05. The van der Waals surface area contributed by atoms with Crippen molar-refractivity contribution in [2.45, 2.75) is 25.9 Å². The second kappa shape index (κ2) is 7.54. The average Bonchev–Trinajstić information content (AvgIpc) is 3.10. The summed E-state index contributed by atoms with van der Waals surface area (Å²) in [5.41, 5.74) is -1.54. The van der Waals surface area contributed by atoms with Gasteiger partial charge in [-0.1, -0.05) is 18.2 Å². The van der Waals surface area contributed by atoms with E-state index in [1.165, 1.54) is 31.2 Å². The van der Waals surface area contributed by atoms with Crippen LogP contribution in [0, 0.1) is 10.1 Å². The molecule has 0 saturated heterocycles. The quantitative estimate of drug-likeness (QED) is 0.435. The molecule has 0 saturated carbocycles. The van der Waals surface area contributed by atoms with Crippen LogP contribution < -0.4 is 11.2 Å². The highest BCUT2D eigenvalue weighted by Gasteiger charge is 2.34. The first-order valence-corrected chi connectivity index (χ1v) is 8.53. The van der Waals surface area contributed by atoms with E-state index in [0.29, 0.717) is 5.56 Å². The van der Waals surface area contributed by atoms with Crippen LogP contribution in [0.25, 0.3) is 0 Å². The maximum atomic E-state index is 12.3. The Labute approximate surface area is 163 Å². The number of nitrogens with zero attached hydrogens (tertiary/aromatic N) is 4. The number of allylic oxidation sites excluding steroid dienone is 1. The molecular formula is C18H17N5O6. The van der Waals surface area contributed by atoms with E-state index in [4.69, 9.17) is 0 Å². The standard InChI is InChI=1S/C18H17N5O6/c1-3-7-21-17(26)15(16(25)19-18(21)27)13-9-14(22(20-13)10(2)24)11-5-4-6-12(8-11)23(28)29/h3-6,8,14,26H,1,7,9H2,2H3,(H,19,25,27). The number of aromatic nitrogens is 2. The Balaban J connectivity index is 2.10. The van der Waals surface area contributed by atoms with Gasteiger partial charge >= 0.3 is 5.69 Å². The van der Waals surface area contributed by atoms with Gasteiger partial charge in [-0.2, -0.15) is 5.10 Å². The number of H-pyrrole nitrogens is 1. The van der Waals surface area contributed by atoms with Crippen molar-refractivity contribution in [3.8, 4) is 5.88 Å². The number of non-ortho nitro benzene ring substituents is 1. The van der Waals surface area contributed by atoms with Crippen LogP contribution >= 0.6 is 0 Å². The van der Waals surface area contributed by atoms with Crippen molar-refractivity contribution in [1.82, 2.24) is 14.6 Å². The van der Waals surface area contributed by atoms with Crippen molar-refractivity contribution in [2.75, 3.05) is 0 Å². The average molecular weight is 399 g/mol. The fraction of sp³-hybridized carbons (Fsp3) is 0.222. The summed E-state index contributed by atoms with van der Waals surface area (Å²) in [6.07, 6.45) is 1.39. The number of amides is 1. The van der Waals surface area contributed by atoms with Gasteiger partial charge in [0.05, 0.1) is 16.7 Å². The van der Waals surface area contributed by atoms with Crippen LogP contribution in [-0.2, 0) is 11.3 Å². The Kier molecular flexibility index (Phi) is 5.13. The molecule has 0 bridgehead atoms. The molecule has 11 heteroatoms. The van der Waals surface area contributed by atoms with E-state index in [-0.39, 0.29) is 29.9 Å². The van der Waals surface area contributed by atoms with E-state index >= 15 is 0 Å². The Hall–Kier alpha value is -4.02. The first-order chi connectivity index (χ1) is 13.7. The smallest absolute Gasteiger partial charge is 0.331 e. The molecule has 1 amide bonds. The molecule has 150 valence electrons. The summed E-state index contributed by atoms with van der Waals surface area (Å²) < 4.78 is 0.908. The number of carbonyl (C=O) groups is 1. The zero-order chi connectivity index (χ0) is 21.3. The molecule has 1 aliphatic heterocycles. The van der Waals surface area contributed by atoms with Gasteiger partial charge in [0.2, 0.25) is 11.8 Å². The van der Waals surface area contributed by atoms with Crippen LogP contribution in [0.4, 0.5) is 5.69 Å². The highest BCUT2D eigenvalue weighted by atomic mass is 16.6. The zero-order valence-electron chi connectivity index (χ0n) is 15.4. The molecule has 1 atom stereocenters. The normalized spacial score (nSPS) is 15.8. The third-order valence-electron chi connectivity index (χ3n) is 4.47. The Morgan fingerprint density at radius 3 is 2.83 bits per heavy atom. The van der Waals surface area contributed by atoms with E-state index in [2.05, 4.69) is 16.7 Å². The van der Waals surface area contributed by atoms with Gasteiger partial charge in [-0.05, 0) is 5.56 Å². The molecule has 1 unspecified atom stereocenters. The minimum atomic E-state index is -0.852. The molecule has 0 aliphatic carbocycles. The van der Waals surface area contributed by atoms with E-state index < -0.39 is 34.0 Å². The van der Waals surface area contributed by atoms with Crippen LogP contribution in [0.5, 0.6) is 5.88 Å². The van der Waals surface area contributed by atoms with Crippen LogP contribution in [0.2, 0.25) is 0 Å². The van der Waals surface area contributed by atoms with E-state index in [1.54, 1.807) is 6.07 Å². The highest BCUT2D eigenvalue weighted by molar-refractivity contribution is 6.04. The molecule has 0 radical (unpaired) electrons. The number of hydrogen-bond donors (Lipinski definition) is 2. The second-order valence-electron chi connectivity index (χ2n) is 6.34. The van der Waals surface area contributed by atoms with Gasteiger partial charge in [-0.3, -0.25) is 29.3 Å². The Bertz CT molecular complexity index is 1160. The number of rotatable bonds is 5. The van der Waals surface area contributed by atoms with Crippen molar-refractivity contribution in [1.29, 1.82) is 0 Å². The largest absolute Gasteiger partial charge is 0.494 e. The molecule has 1 aliphatic rings. The van der Waals surface area contributed by atoms with Crippen LogP contribution in [-0.4, -0.2) is 36.2 Å². The number of nitro benzene ring substituents is 1. The fourth-order valence-corrected chi connectivity index (χ4v) is 3.18. The van der Waals surface area contributed by atoms with Gasteiger partial charge in [0.25, 0.3) is 11.2 Å². The molecule has 2 N–H and O–H groups in total. The predicted molar refractivity (Wildman–Crippen MR) is 103 cm³/mol. The lowest BCUT2D eigenvalue weighted by Crippen LogP contribution is -2.33.